The Morgan fingerprint density at radius 1 is 1.40 bits per heavy atom. The summed E-state index contributed by atoms with van der Waals surface area (Å²) < 4.78 is 5.26. The molecule has 0 atom stereocenters. The first-order valence-corrected chi connectivity index (χ1v) is 7.88. The molecule has 2 rings (SSSR count). The smallest absolute Gasteiger partial charge is 0.171 e. The molecule has 20 heavy (non-hydrogen) atoms. The van der Waals surface area contributed by atoms with Crippen LogP contribution in [0.3, 0.4) is 0 Å². The van der Waals surface area contributed by atoms with E-state index in [-0.39, 0.29) is 0 Å². The van der Waals surface area contributed by atoms with Crippen molar-refractivity contribution in [1.29, 1.82) is 0 Å². The Labute approximate surface area is 128 Å². The molecule has 0 unspecified atom stereocenters. The number of aryl methyl sites for hydroxylation is 1. The number of nitrogens with zero attached hydrogens (tertiary/aromatic N) is 1. The van der Waals surface area contributed by atoms with Crippen molar-refractivity contribution in [2.45, 2.75) is 12.7 Å². The lowest BCUT2D eigenvalue weighted by Gasteiger charge is -2.09. The van der Waals surface area contributed by atoms with Gasteiger partial charge in [-0.05, 0) is 42.9 Å². The molecule has 0 radical (unpaired) electrons. The molecule has 2 heterocycles. The van der Waals surface area contributed by atoms with E-state index in [1.165, 1.54) is 0 Å². The third-order valence-corrected chi connectivity index (χ3v) is 3.74. The highest BCUT2D eigenvalue weighted by Crippen LogP contribution is 2.11. The number of pyridine rings is 1. The number of hydrogen-bond acceptors (Lipinski definition) is 4. The van der Waals surface area contributed by atoms with E-state index >= 15 is 0 Å². The highest BCUT2D eigenvalue weighted by molar-refractivity contribution is 7.98. The second-order valence-corrected chi connectivity index (χ2v) is 5.75. The van der Waals surface area contributed by atoms with Crippen molar-refractivity contribution < 1.29 is 4.42 Å². The fraction of sp³-hybridized carbons (Fsp3) is 0.286. The molecule has 0 aliphatic carbocycles. The summed E-state index contributed by atoms with van der Waals surface area (Å²) in [5.74, 6) is 3.61. The lowest BCUT2D eigenvalue weighted by atomic mass is 10.3. The van der Waals surface area contributed by atoms with Crippen molar-refractivity contribution in [2.24, 2.45) is 0 Å². The molecule has 0 spiro atoms. The largest absolute Gasteiger partial charge is 0.468 e. The van der Waals surface area contributed by atoms with Gasteiger partial charge in [0.25, 0.3) is 0 Å². The minimum atomic E-state index is 0.597. The Morgan fingerprint density at radius 2 is 2.30 bits per heavy atom. The van der Waals surface area contributed by atoms with E-state index in [2.05, 4.69) is 15.6 Å². The number of aromatic nitrogens is 1. The van der Waals surface area contributed by atoms with Gasteiger partial charge in [-0.3, -0.25) is 0 Å². The van der Waals surface area contributed by atoms with Gasteiger partial charge in [-0.1, -0.05) is 6.07 Å². The third-order valence-electron chi connectivity index (χ3n) is 2.51. The van der Waals surface area contributed by atoms with Crippen molar-refractivity contribution >= 4 is 34.9 Å². The zero-order chi connectivity index (χ0) is 14.2. The van der Waals surface area contributed by atoms with Gasteiger partial charge in [0.05, 0.1) is 12.0 Å². The SMILES string of the molecule is Cc1ccc(NC(=S)NCCSCc2ccco2)nc1. The molecule has 2 aromatic rings. The summed E-state index contributed by atoms with van der Waals surface area (Å²) in [6.45, 7) is 2.81. The topological polar surface area (TPSA) is 50.1 Å². The second-order valence-electron chi connectivity index (χ2n) is 4.23. The summed E-state index contributed by atoms with van der Waals surface area (Å²) >= 11 is 7.01. The maximum Gasteiger partial charge on any atom is 0.171 e. The Morgan fingerprint density at radius 3 is 3.00 bits per heavy atom. The number of hydrogen-bond donors (Lipinski definition) is 2. The fourth-order valence-electron chi connectivity index (χ4n) is 1.51. The molecule has 0 fully saturated rings. The van der Waals surface area contributed by atoms with Gasteiger partial charge >= 0.3 is 0 Å². The predicted molar refractivity (Wildman–Crippen MR) is 88.1 cm³/mol. The van der Waals surface area contributed by atoms with Gasteiger partial charge in [0.2, 0.25) is 0 Å². The zero-order valence-corrected chi connectivity index (χ0v) is 12.9. The number of rotatable bonds is 6. The number of nitrogens with one attached hydrogen (secondary N) is 2. The van der Waals surface area contributed by atoms with Gasteiger partial charge in [0, 0.05) is 18.5 Å². The summed E-state index contributed by atoms with van der Waals surface area (Å²) in [7, 11) is 0. The molecule has 2 aromatic heterocycles. The molecule has 106 valence electrons. The van der Waals surface area contributed by atoms with Crippen LogP contribution in [-0.4, -0.2) is 22.4 Å². The lowest BCUT2D eigenvalue weighted by molar-refractivity contribution is 0.530. The highest BCUT2D eigenvalue weighted by Gasteiger charge is 1.99. The number of anilines is 1. The molecule has 0 bridgehead atoms. The van der Waals surface area contributed by atoms with Gasteiger partial charge in [0.15, 0.2) is 5.11 Å². The fourth-order valence-corrected chi connectivity index (χ4v) is 2.47. The zero-order valence-electron chi connectivity index (χ0n) is 11.3. The number of thioether (sulfide) groups is 1. The van der Waals surface area contributed by atoms with Crippen molar-refractivity contribution in [3.8, 4) is 0 Å². The summed E-state index contributed by atoms with van der Waals surface area (Å²) in [6, 6.07) is 7.80. The Balaban J connectivity index is 1.59. The third kappa shape index (κ3) is 5.22. The normalized spacial score (nSPS) is 10.2. The lowest BCUT2D eigenvalue weighted by Crippen LogP contribution is -2.30. The van der Waals surface area contributed by atoms with Crippen LogP contribution in [0.1, 0.15) is 11.3 Å². The van der Waals surface area contributed by atoms with E-state index in [1.54, 1.807) is 18.0 Å². The molecule has 4 nitrogen and oxygen atoms in total. The van der Waals surface area contributed by atoms with Crippen molar-refractivity contribution in [3.63, 3.8) is 0 Å². The van der Waals surface area contributed by atoms with Gasteiger partial charge < -0.3 is 15.1 Å². The van der Waals surface area contributed by atoms with E-state index in [1.807, 2.05) is 37.4 Å². The van der Waals surface area contributed by atoms with E-state index in [0.29, 0.717) is 5.11 Å². The van der Waals surface area contributed by atoms with Crippen LogP contribution < -0.4 is 10.6 Å². The van der Waals surface area contributed by atoms with Crippen LogP contribution in [0.25, 0.3) is 0 Å². The van der Waals surface area contributed by atoms with Crippen LogP contribution in [0.5, 0.6) is 0 Å². The number of furan rings is 1. The molecular weight excluding hydrogens is 290 g/mol. The second kappa shape index (κ2) is 7.91. The quantitative estimate of drug-likeness (QED) is 0.631. The van der Waals surface area contributed by atoms with Crippen LogP contribution in [0.2, 0.25) is 0 Å². The van der Waals surface area contributed by atoms with Crippen LogP contribution in [0.4, 0.5) is 5.82 Å². The first kappa shape index (κ1) is 14.9. The van der Waals surface area contributed by atoms with Crippen molar-refractivity contribution in [2.75, 3.05) is 17.6 Å². The summed E-state index contributed by atoms with van der Waals surface area (Å²) in [5.41, 5.74) is 1.13. The first-order valence-electron chi connectivity index (χ1n) is 6.31. The molecule has 0 aromatic carbocycles. The molecular formula is C14H17N3OS2. The summed E-state index contributed by atoms with van der Waals surface area (Å²) in [6.07, 6.45) is 3.51. The highest BCUT2D eigenvalue weighted by atomic mass is 32.2. The maximum absolute atomic E-state index is 5.26. The first-order chi connectivity index (χ1) is 9.74. The molecule has 2 N–H and O–H groups in total. The molecule has 0 saturated heterocycles. The van der Waals surface area contributed by atoms with Gasteiger partial charge in [-0.2, -0.15) is 11.8 Å². The molecule has 6 heteroatoms. The molecule has 0 aliphatic rings. The summed E-state index contributed by atoms with van der Waals surface area (Å²) in [5, 5.41) is 6.81. The van der Waals surface area contributed by atoms with Crippen molar-refractivity contribution in [1.82, 2.24) is 10.3 Å². The van der Waals surface area contributed by atoms with Crippen LogP contribution in [0.15, 0.2) is 41.1 Å². The van der Waals surface area contributed by atoms with Crippen LogP contribution in [0, 0.1) is 6.92 Å². The maximum atomic E-state index is 5.26. The minimum absolute atomic E-state index is 0.597. The minimum Gasteiger partial charge on any atom is -0.468 e. The predicted octanol–water partition coefficient (Wildman–Crippen LogP) is 3.20. The van der Waals surface area contributed by atoms with Crippen LogP contribution in [-0.2, 0) is 5.75 Å². The van der Waals surface area contributed by atoms with Crippen molar-refractivity contribution in [3.05, 3.63) is 48.0 Å². The van der Waals surface area contributed by atoms with E-state index in [4.69, 9.17) is 16.6 Å². The average molecular weight is 307 g/mol. The van der Waals surface area contributed by atoms with Gasteiger partial charge in [-0.15, -0.1) is 0 Å². The standard InChI is InChI=1S/C14H17N3OS2/c1-11-4-5-13(16-9-11)17-14(19)15-6-8-20-10-12-3-2-7-18-12/h2-5,7,9H,6,8,10H2,1H3,(H2,15,16,17,19). The van der Waals surface area contributed by atoms with Gasteiger partial charge in [0.1, 0.15) is 11.6 Å². The molecule has 0 saturated carbocycles. The average Bonchev–Trinajstić information content (AvgIpc) is 2.94. The Hall–Kier alpha value is -1.53. The van der Waals surface area contributed by atoms with Crippen LogP contribution >= 0.6 is 24.0 Å². The van der Waals surface area contributed by atoms with E-state index in [0.717, 1.165) is 35.2 Å². The number of thiocarbonyl (C=S) groups is 1. The monoisotopic (exact) mass is 307 g/mol. The Bertz CT molecular complexity index is 526. The molecule has 0 amide bonds. The van der Waals surface area contributed by atoms with E-state index < -0.39 is 0 Å². The van der Waals surface area contributed by atoms with E-state index in [9.17, 15) is 0 Å². The van der Waals surface area contributed by atoms with Gasteiger partial charge in [-0.25, -0.2) is 4.98 Å². The summed E-state index contributed by atoms with van der Waals surface area (Å²) in [4.78, 5) is 4.24. The Kier molecular flexibility index (Phi) is 5.88. The molecule has 0 aliphatic heterocycles.